The monoisotopic (exact) mass is 422 g/mol. The number of carbonyl (C=O) groups is 2. The van der Waals surface area contributed by atoms with Gasteiger partial charge in [-0.15, -0.1) is 0 Å². The number of hydrogen-bond donors (Lipinski definition) is 3. The Morgan fingerprint density at radius 1 is 1.13 bits per heavy atom. The summed E-state index contributed by atoms with van der Waals surface area (Å²) >= 11 is 0. The van der Waals surface area contributed by atoms with Crippen molar-refractivity contribution in [1.82, 2.24) is 10.6 Å². The van der Waals surface area contributed by atoms with Crippen molar-refractivity contribution in [3.8, 4) is 0 Å². The molecule has 0 aromatic heterocycles. The summed E-state index contributed by atoms with van der Waals surface area (Å²) in [6, 6.07) is 13.2. The fourth-order valence-corrected chi connectivity index (χ4v) is 3.27. The second kappa shape index (κ2) is 10.7. The van der Waals surface area contributed by atoms with E-state index in [9.17, 15) is 9.59 Å². The minimum absolute atomic E-state index is 0.0837. The lowest BCUT2D eigenvalue weighted by molar-refractivity contribution is -0.119. The van der Waals surface area contributed by atoms with Crippen molar-refractivity contribution < 1.29 is 14.3 Å². The summed E-state index contributed by atoms with van der Waals surface area (Å²) in [5.74, 6) is 0.0536. The molecule has 1 aliphatic rings. The van der Waals surface area contributed by atoms with Gasteiger partial charge in [-0.25, -0.2) is 4.99 Å². The van der Waals surface area contributed by atoms with Crippen LogP contribution in [0.3, 0.4) is 0 Å². The second-order valence-electron chi connectivity index (χ2n) is 7.83. The smallest absolute Gasteiger partial charge is 0.257 e. The molecule has 2 aromatic carbocycles. The first-order valence-corrected chi connectivity index (χ1v) is 10.6. The maximum Gasteiger partial charge on any atom is 0.257 e. The molecule has 2 aromatic rings. The average Bonchev–Trinajstić information content (AvgIpc) is 3.27. The summed E-state index contributed by atoms with van der Waals surface area (Å²) < 4.78 is 5.66. The molecule has 0 saturated carbocycles. The van der Waals surface area contributed by atoms with Gasteiger partial charge in [0.15, 0.2) is 0 Å². The Morgan fingerprint density at radius 2 is 1.90 bits per heavy atom. The van der Waals surface area contributed by atoms with E-state index in [4.69, 9.17) is 4.74 Å². The highest BCUT2D eigenvalue weighted by molar-refractivity contribution is 6.10. The van der Waals surface area contributed by atoms with Gasteiger partial charge in [0, 0.05) is 31.3 Å². The van der Waals surface area contributed by atoms with Crippen molar-refractivity contribution in [1.29, 1.82) is 0 Å². The van der Waals surface area contributed by atoms with Gasteiger partial charge in [-0.3, -0.25) is 14.9 Å². The number of aliphatic imine (C=N–C) groups is 1. The number of benzene rings is 2. The minimum atomic E-state index is -0.255. The molecule has 0 bridgehead atoms. The number of aryl methyl sites for hydroxylation is 2. The predicted molar refractivity (Wildman–Crippen MR) is 122 cm³/mol. The van der Waals surface area contributed by atoms with E-state index in [1.165, 1.54) is 6.92 Å². The normalized spacial score (nSPS) is 16.1. The van der Waals surface area contributed by atoms with Crippen molar-refractivity contribution in [3.63, 3.8) is 0 Å². The number of rotatable bonds is 6. The fraction of sp³-hybridized carbons (Fsp3) is 0.375. The number of anilines is 1. The van der Waals surface area contributed by atoms with E-state index in [2.05, 4.69) is 20.9 Å². The van der Waals surface area contributed by atoms with Crippen LogP contribution in [0.5, 0.6) is 0 Å². The minimum Gasteiger partial charge on any atom is -0.376 e. The van der Waals surface area contributed by atoms with Gasteiger partial charge in [0.05, 0.1) is 12.6 Å². The highest BCUT2D eigenvalue weighted by Gasteiger charge is 2.16. The molecule has 1 heterocycles. The number of guanidine groups is 1. The largest absolute Gasteiger partial charge is 0.376 e. The van der Waals surface area contributed by atoms with Crippen LogP contribution in [0.1, 0.15) is 46.8 Å². The SMILES string of the molecule is CC(=O)NCc1ccc(C(=O)NC(=NC[C@@H]2CCCO2)Nc2cc(C)ccc2C)cc1. The van der Waals surface area contributed by atoms with E-state index in [0.717, 1.165) is 41.8 Å². The summed E-state index contributed by atoms with van der Waals surface area (Å²) in [6.45, 7) is 7.19. The van der Waals surface area contributed by atoms with Crippen LogP contribution in [0.4, 0.5) is 5.69 Å². The molecular formula is C24H30N4O3. The van der Waals surface area contributed by atoms with Gasteiger partial charge in [0.1, 0.15) is 0 Å². The van der Waals surface area contributed by atoms with Crippen LogP contribution >= 0.6 is 0 Å². The van der Waals surface area contributed by atoms with Crippen molar-refractivity contribution in [2.24, 2.45) is 4.99 Å². The Hall–Kier alpha value is -3.19. The Bertz CT molecular complexity index is 948. The van der Waals surface area contributed by atoms with Crippen LogP contribution in [0, 0.1) is 13.8 Å². The molecule has 1 saturated heterocycles. The highest BCUT2D eigenvalue weighted by atomic mass is 16.5. The molecule has 0 radical (unpaired) electrons. The number of ether oxygens (including phenoxy) is 1. The maximum absolute atomic E-state index is 12.8. The quantitative estimate of drug-likeness (QED) is 0.492. The molecule has 0 spiro atoms. The first-order valence-electron chi connectivity index (χ1n) is 10.6. The zero-order chi connectivity index (χ0) is 22.2. The summed E-state index contributed by atoms with van der Waals surface area (Å²) in [6.07, 6.45) is 2.10. The molecule has 0 unspecified atom stereocenters. The van der Waals surface area contributed by atoms with Crippen molar-refractivity contribution >= 4 is 23.5 Å². The summed E-state index contributed by atoms with van der Waals surface area (Å²) in [4.78, 5) is 28.5. The van der Waals surface area contributed by atoms with Crippen LogP contribution < -0.4 is 16.0 Å². The van der Waals surface area contributed by atoms with Crippen LogP contribution in [0.15, 0.2) is 47.5 Å². The zero-order valence-electron chi connectivity index (χ0n) is 18.3. The summed E-state index contributed by atoms with van der Waals surface area (Å²) in [5, 5.41) is 8.91. The molecule has 0 aliphatic carbocycles. The number of hydrogen-bond acceptors (Lipinski definition) is 4. The highest BCUT2D eigenvalue weighted by Crippen LogP contribution is 2.17. The van der Waals surface area contributed by atoms with Crippen LogP contribution in [-0.4, -0.2) is 37.0 Å². The third-order valence-electron chi connectivity index (χ3n) is 5.11. The summed E-state index contributed by atoms with van der Waals surface area (Å²) in [5.41, 5.74) is 4.52. The molecule has 1 atom stereocenters. The predicted octanol–water partition coefficient (Wildman–Crippen LogP) is 3.32. The average molecular weight is 423 g/mol. The number of nitrogens with one attached hydrogen (secondary N) is 3. The van der Waals surface area contributed by atoms with E-state index in [1.807, 2.05) is 44.2 Å². The van der Waals surface area contributed by atoms with E-state index < -0.39 is 0 Å². The molecule has 3 rings (SSSR count). The van der Waals surface area contributed by atoms with Crippen LogP contribution in [0.25, 0.3) is 0 Å². The summed E-state index contributed by atoms with van der Waals surface area (Å²) in [7, 11) is 0. The Balaban J connectivity index is 1.72. The maximum atomic E-state index is 12.8. The van der Waals surface area contributed by atoms with E-state index in [-0.39, 0.29) is 17.9 Å². The fourth-order valence-electron chi connectivity index (χ4n) is 3.27. The molecule has 31 heavy (non-hydrogen) atoms. The molecule has 7 nitrogen and oxygen atoms in total. The lowest BCUT2D eigenvalue weighted by Gasteiger charge is -2.15. The van der Waals surface area contributed by atoms with Gasteiger partial charge in [-0.05, 0) is 61.6 Å². The first kappa shape index (κ1) is 22.5. The van der Waals surface area contributed by atoms with E-state index in [1.54, 1.807) is 12.1 Å². The van der Waals surface area contributed by atoms with Gasteiger partial charge < -0.3 is 15.4 Å². The molecule has 164 valence electrons. The Morgan fingerprint density at radius 3 is 2.58 bits per heavy atom. The molecule has 7 heteroatoms. The lowest BCUT2D eigenvalue weighted by Crippen LogP contribution is -2.37. The van der Waals surface area contributed by atoms with Gasteiger partial charge in [-0.2, -0.15) is 0 Å². The van der Waals surface area contributed by atoms with Gasteiger partial charge in [0.2, 0.25) is 11.9 Å². The Labute approximate surface area is 183 Å². The molecule has 1 fully saturated rings. The van der Waals surface area contributed by atoms with Gasteiger partial charge in [-0.1, -0.05) is 24.3 Å². The third kappa shape index (κ3) is 6.93. The first-order chi connectivity index (χ1) is 14.9. The van der Waals surface area contributed by atoms with Gasteiger partial charge in [0.25, 0.3) is 5.91 Å². The molecule has 1 aliphatic heterocycles. The molecule has 3 N–H and O–H groups in total. The van der Waals surface area contributed by atoms with Crippen molar-refractivity contribution in [2.45, 2.75) is 46.3 Å². The third-order valence-corrected chi connectivity index (χ3v) is 5.11. The Kier molecular flexibility index (Phi) is 7.78. The van der Waals surface area contributed by atoms with Crippen molar-refractivity contribution in [2.75, 3.05) is 18.5 Å². The molecular weight excluding hydrogens is 392 g/mol. The number of carbonyl (C=O) groups excluding carboxylic acids is 2. The van der Waals surface area contributed by atoms with Gasteiger partial charge >= 0.3 is 0 Å². The number of nitrogens with zero attached hydrogens (tertiary/aromatic N) is 1. The van der Waals surface area contributed by atoms with Crippen molar-refractivity contribution in [3.05, 3.63) is 64.7 Å². The van der Waals surface area contributed by atoms with Crippen LogP contribution in [-0.2, 0) is 16.1 Å². The molecule has 2 amide bonds. The lowest BCUT2D eigenvalue weighted by atomic mass is 10.1. The van der Waals surface area contributed by atoms with E-state index in [0.29, 0.717) is 24.6 Å². The van der Waals surface area contributed by atoms with Crippen LogP contribution in [0.2, 0.25) is 0 Å². The standard InChI is InChI=1S/C24H30N4O3/c1-16-6-7-17(2)22(13-16)27-24(26-15-21-5-4-12-31-21)28-23(30)20-10-8-19(9-11-20)14-25-18(3)29/h6-11,13,21H,4-5,12,14-15H2,1-3H3,(H,25,29)(H2,26,27,28,30)/t21-/m0/s1. The zero-order valence-corrected chi connectivity index (χ0v) is 18.3. The topological polar surface area (TPSA) is 91.8 Å². The van der Waals surface area contributed by atoms with E-state index >= 15 is 0 Å². The second-order valence-corrected chi connectivity index (χ2v) is 7.83. The number of amides is 2.